The van der Waals surface area contributed by atoms with Crippen LogP contribution in [0.2, 0.25) is 10.0 Å². The quantitative estimate of drug-likeness (QED) is 0.932. The van der Waals surface area contributed by atoms with E-state index < -0.39 is 9.84 Å². The van der Waals surface area contributed by atoms with Crippen LogP contribution in [0.4, 0.5) is 0 Å². The second-order valence-electron chi connectivity index (χ2n) is 4.77. The molecule has 0 aliphatic carbocycles. The zero-order valence-corrected chi connectivity index (χ0v) is 12.1. The van der Waals surface area contributed by atoms with Gasteiger partial charge in [-0.25, -0.2) is 8.42 Å². The smallest absolute Gasteiger partial charge is 0.150 e. The Balaban J connectivity index is 2.08. The van der Waals surface area contributed by atoms with Crippen LogP contribution in [0.1, 0.15) is 12.0 Å². The lowest BCUT2D eigenvalue weighted by Crippen LogP contribution is -2.33. The van der Waals surface area contributed by atoms with Gasteiger partial charge in [0.05, 0.1) is 11.5 Å². The number of rotatable bonds is 3. The molecule has 3 nitrogen and oxygen atoms in total. The minimum Gasteiger partial charge on any atom is -0.327 e. The van der Waals surface area contributed by atoms with Gasteiger partial charge in [-0.15, -0.1) is 0 Å². The van der Waals surface area contributed by atoms with Gasteiger partial charge in [-0.3, -0.25) is 0 Å². The highest BCUT2D eigenvalue weighted by molar-refractivity contribution is 7.91. The van der Waals surface area contributed by atoms with Crippen molar-refractivity contribution in [2.45, 2.75) is 18.9 Å². The zero-order chi connectivity index (χ0) is 13.3. The third-order valence-electron chi connectivity index (χ3n) is 3.34. The van der Waals surface area contributed by atoms with Crippen molar-refractivity contribution in [3.05, 3.63) is 33.8 Å². The van der Waals surface area contributed by atoms with Gasteiger partial charge in [-0.05, 0) is 42.5 Å². The summed E-state index contributed by atoms with van der Waals surface area (Å²) in [6.45, 7) is 0. The van der Waals surface area contributed by atoms with Crippen molar-refractivity contribution >= 4 is 33.0 Å². The van der Waals surface area contributed by atoms with Crippen molar-refractivity contribution in [2.75, 3.05) is 11.5 Å². The molecular formula is C12H15Cl2NO2S. The molecule has 1 fully saturated rings. The van der Waals surface area contributed by atoms with E-state index in [4.69, 9.17) is 28.9 Å². The average Bonchev–Trinajstić information content (AvgIpc) is 2.64. The Morgan fingerprint density at radius 2 is 2.11 bits per heavy atom. The first kappa shape index (κ1) is 14.1. The molecule has 1 aliphatic rings. The van der Waals surface area contributed by atoms with E-state index in [9.17, 15) is 8.42 Å². The molecule has 2 unspecified atom stereocenters. The van der Waals surface area contributed by atoms with E-state index in [-0.39, 0.29) is 23.5 Å². The summed E-state index contributed by atoms with van der Waals surface area (Å²) in [6, 6.07) is 5.04. The summed E-state index contributed by atoms with van der Waals surface area (Å²) in [4.78, 5) is 0. The predicted octanol–water partition coefficient (Wildman–Crippen LogP) is 2.30. The maximum Gasteiger partial charge on any atom is 0.150 e. The molecule has 0 aromatic heterocycles. The molecule has 0 amide bonds. The summed E-state index contributed by atoms with van der Waals surface area (Å²) >= 11 is 12.0. The Kier molecular flexibility index (Phi) is 4.22. The Labute approximate surface area is 117 Å². The molecule has 0 spiro atoms. The predicted molar refractivity (Wildman–Crippen MR) is 74.9 cm³/mol. The minimum atomic E-state index is -2.89. The van der Waals surface area contributed by atoms with Gasteiger partial charge >= 0.3 is 0 Å². The van der Waals surface area contributed by atoms with E-state index in [0.717, 1.165) is 5.56 Å². The molecule has 1 aliphatic heterocycles. The van der Waals surface area contributed by atoms with Gasteiger partial charge in [-0.1, -0.05) is 23.2 Å². The van der Waals surface area contributed by atoms with Crippen LogP contribution in [-0.2, 0) is 16.3 Å². The number of hydrogen-bond donors (Lipinski definition) is 1. The highest BCUT2D eigenvalue weighted by atomic mass is 35.5. The zero-order valence-electron chi connectivity index (χ0n) is 9.77. The maximum atomic E-state index is 11.4. The molecule has 18 heavy (non-hydrogen) atoms. The van der Waals surface area contributed by atoms with Crippen molar-refractivity contribution in [3.63, 3.8) is 0 Å². The first-order valence-electron chi connectivity index (χ1n) is 5.77. The van der Waals surface area contributed by atoms with Crippen LogP contribution in [0.15, 0.2) is 18.2 Å². The second-order valence-corrected chi connectivity index (χ2v) is 7.84. The van der Waals surface area contributed by atoms with Gasteiger partial charge in [0, 0.05) is 16.1 Å². The average molecular weight is 308 g/mol. The summed E-state index contributed by atoms with van der Waals surface area (Å²) in [5, 5.41) is 1.23. The first-order valence-corrected chi connectivity index (χ1v) is 8.35. The van der Waals surface area contributed by atoms with Crippen molar-refractivity contribution < 1.29 is 8.42 Å². The molecule has 1 heterocycles. The molecular weight excluding hydrogens is 293 g/mol. The molecule has 100 valence electrons. The topological polar surface area (TPSA) is 60.2 Å². The van der Waals surface area contributed by atoms with Gasteiger partial charge in [-0.2, -0.15) is 0 Å². The van der Waals surface area contributed by atoms with E-state index in [1.165, 1.54) is 0 Å². The van der Waals surface area contributed by atoms with Crippen molar-refractivity contribution in [1.29, 1.82) is 0 Å². The van der Waals surface area contributed by atoms with Crippen LogP contribution in [0.25, 0.3) is 0 Å². The van der Waals surface area contributed by atoms with E-state index in [1.54, 1.807) is 18.2 Å². The fourth-order valence-corrected chi connectivity index (χ4v) is 4.57. The Morgan fingerprint density at radius 1 is 1.39 bits per heavy atom. The monoisotopic (exact) mass is 307 g/mol. The molecule has 6 heteroatoms. The van der Waals surface area contributed by atoms with Gasteiger partial charge in [0.25, 0.3) is 0 Å². The van der Waals surface area contributed by atoms with E-state index in [2.05, 4.69) is 0 Å². The Bertz CT molecular complexity index is 545. The third-order valence-corrected chi connectivity index (χ3v) is 5.73. The molecule has 0 saturated carbocycles. The van der Waals surface area contributed by atoms with E-state index >= 15 is 0 Å². The molecule has 0 bridgehead atoms. The standard InChI is InChI=1S/C12H15Cl2NO2S/c13-10-1-2-11(14)9(5-10)6-12(15)8-3-4-18(16,17)7-8/h1-2,5,8,12H,3-4,6-7,15H2. The van der Waals surface area contributed by atoms with Crippen molar-refractivity contribution in [2.24, 2.45) is 11.7 Å². The van der Waals surface area contributed by atoms with Crippen molar-refractivity contribution in [3.8, 4) is 0 Å². The molecule has 2 atom stereocenters. The van der Waals surface area contributed by atoms with Crippen molar-refractivity contribution in [1.82, 2.24) is 0 Å². The largest absolute Gasteiger partial charge is 0.327 e. The van der Waals surface area contributed by atoms with Gasteiger partial charge in [0.15, 0.2) is 9.84 Å². The second kappa shape index (κ2) is 5.37. The lowest BCUT2D eigenvalue weighted by atomic mass is 9.94. The van der Waals surface area contributed by atoms with Gasteiger partial charge in [0.1, 0.15) is 0 Å². The fraction of sp³-hybridized carbons (Fsp3) is 0.500. The summed E-state index contributed by atoms with van der Waals surface area (Å²) in [5.41, 5.74) is 6.96. The number of benzene rings is 1. The van der Waals surface area contributed by atoms with E-state index in [0.29, 0.717) is 22.9 Å². The molecule has 1 saturated heterocycles. The molecule has 2 N–H and O–H groups in total. The van der Waals surface area contributed by atoms with Crippen LogP contribution in [0, 0.1) is 5.92 Å². The molecule has 1 aromatic carbocycles. The highest BCUT2D eigenvalue weighted by Gasteiger charge is 2.32. The Morgan fingerprint density at radius 3 is 2.72 bits per heavy atom. The van der Waals surface area contributed by atoms with Crippen LogP contribution in [-0.4, -0.2) is 26.0 Å². The summed E-state index contributed by atoms with van der Waals surface area (Å²) in [7, 11) is -2.89. The van der Waals surface area contributed by atoms with Crippen LogP contribution >= 0.6 is 23.2 Å². The number of hydrogen-bond acceptors (Lipinski definition) is 3. The fourth-order valence-electron chi connectivity index (χ4n) is 2.28. The molecule has 1 aromatic rings. The van der Waals surface area contributed by atoms with Crippen LogP contribution in [0.3, 0.4) is 0 Å². The van der Waals surface area contributed by atoms with Gasteiger partial charge < -0.3 is 5.73 Å². The lowest BCUT2D eigenvalue weighted by Gasteiger charge is -2.18. The maximum absolute atomic E-state index is 11.4. The van der Waals surface area contributed by atoms with E-state index in [1.807, 2.05) is 0 Å². The van der Waals surface area contributed by atoms with Crippen LogP contribution < -0.4 is 5.73 Å². The lowest BCUT2D eigenvalue weighted by molar-refractivity contribution is 0.461. The first-order chi connectivity index (χ1) is 8.37. The summed E-state index contributed by atoms with van der Waals surface area (Å²) in [5.74, 6) is 0.450. The highest BCUT2D eigenvalue weighted by Crippen LogP contribution is 2.26. The number of nitrogens with two attached hydrogens (primary N) is 1. The molecule has 2 rings (SSSR count). The minimum absolute atomic E-state index is 0.0186. The summed E-state index contributed by atoms with van der Waals surface area (Å²) < 4.78 is 22.8. The summed E-state index contributed by atoms with van der Waals surface area (Å²) in [6.07, 6.45) is 1.20. The number of sulfone groups is 1. The van der Waals surface area contributed by atoms with Crippen LogP contribution in [0.5, 0.6) is 0 Å². The van der Waals surface area contributed by atoms with Gasteiger partial charge in [0.2, 0.25) is 0 Å². The Hall–Kier alpha value is -0.290. The normalized spacial score (nSPS) is 24.1. The SMILES string of the molecule is NC(Cc1cc(Cl)ccc1Cl)C1CCS(=O)(=O)C1. The third kappa shape index (κ3) is 3.38. The molecule has 0 radical (unpaired) electrons. The number of halogens is 2.